The molecule has 2 aliphatic heterocycles. The van der Waals surface area contributed by atoms with Gasteiger partial charge in [-0.1, -0.05) is 6.07 Å². The van der Waals surface area contributed by atoms with Crippen LogP contribution in [0.5, 0.6) is 0 Å². The molecule has 37 heavy (non-hydrogen) atoms. The Morgan fingerprint density at radius 3 is 2.00 bits per heavy atom. The standard InChI is InChI=1S/C18H24N4S.2C2HF3O2/c1-3-16(13-19-7-1)14-22-9-2-4-18(22)5-10-21(11-6-18)15-17-20-8-12-23-17;2*3-2(4,5)1(6)7/h1,3,7-8,12-13H,2,4-6,9-11,14-15H2;2*(H,6,7). The summed E-state index contributed by atoms with van der Waals surface area (Å²) in [6.45, 7) is 5.71. The number of carboxylic acids is 2. The molecule has 2 fully saturated rings. The van der Waals surface area contributed by atoms with E-state index >= 15 is 0 Å². The highest BCUT2D eigenvalue weighted by Crippen LogP contribution is 2.39. The van der Waals surface area contributed by atoms with Gasteiger partial charge >= 0.3 is 24.3 Å². The van der Waals surface area contributed by atoms with Crippen LogP contribution < -0.4 is 0 Å². The molecule has 2 saturated heterocycles. The Morgan fingerprint density at radius 2 is 1.54 bits per heavy atom. The summed E-state index contributed by atoms with van der Waals surface area (Å²) < 4.78 is 63.5. The zero-order chi connectivity index (χ0) is 27.7. The topological polar surface area (TPSA) is 107 Å². The van der Waals surface area contributed by atoms with Crippen LogP contribution in [0.4, 0.5) is 26.3 Å². The lowest BCUT2D eigenvalue weighted by Gasteiger charge is -2.45. The predicted octanol–water partition coefficient (Wildman–Crippen LogP) is 4.44. The molecule has 206 valence electrons. The molecular weight excluding hydrogens is 530 g/mol. The van der Waals surface area contributed by atoms with E-state index in [0.29, 0.717) is 5.54 Å². The summed E-state index contributed by atoms with van der Waals surface area (Å²) in [7, 11) is 0. The minimum atomic E-state index is -5.08. The van der Waals surface area contributed by atoms with E-state index in [1.54, 1.807) is 11.3 Å². The molecule has 4 rings (SSSR count). The van der Waals surface area contributed by atoms with Crippen molar-refractivity contribution in [2.45, 2.75) is 56.7 Å². The number of rotatable bonds is 4. The van der Waals surface area contributed by atoms with Crippen LogP contribution in [0, 0.1) is 0 Å². The summed E-state index contributed by atoms with van der Waals surface area (Å²) in [6, 6.07) is 4.26. The third-order valence-electron chi connectivity index (χ3n) is 5.95. The van der Waals surface area contributed by atoms with Crippen molar-refractivity contribution in [1.82, 2.24) is 19.8 Å². The fraction of sp³-hybridized carbons (Fsp3) is 0.545. The molecule has 0 aromatic carbocycles. The van der Waals surface area contributed by atoms with Gasteiger partial charge in [-0.25, -0.2) is 14.6 Å². The number of hydrogen-bond acceptors (Lipinski definition) is 7. The molecule has 4 heterocycles. The second-order valence-corrected chi connectivity index (χ2v) is 9.40. The molecule has 2 N–H and O–H groups in total. The number of pyridine rings is 1. The van der Waals surface area contributed by atoms with Gasteiger partial charge in [0.15, 0.2) is 0 Å². The number of halogens is 6. The average molecular weight is 557 g/mol. The van der Waals surface area contributed by atoms with Gasteiger partial charge in [0.25, 0.3) is 0 Å². The van der Waals surface area contributed by atoms with Gasteiger partial charge in [0.05, 0.1) is 6.54 Å². The first-order valence-electron chi connectivity index (χ1n) is 11.1. The van der Waals surface area contributed by atoms with Crippen molar-refractivity contribution in [2.75, 3.05) is 19.6 Å². The molecule has 0 saturated carbocycles. The van der Waals surface area contributed by atoms with Crippen LogP contribution in [0.1, 0.15) is 36.3 Å². The first kappa shape index (κ1) is 30.4. The zero-order valence-corrected chi connectivity index (χ0v) is 20.3. The van der Waals surface area contributed by atoms with E-state index < -0.39 is 24.3 Å². The molecule has 1 spiro atoms. The molecule has 8 nitrogen and oxygen atoms in total. The second-order valence-electron chi connectivity index (χ2n) is 8.42. The lowest BCUT2D eigenvalue weighted by molar-refractivity contribution is -0.193. The van der Waals surface area contributed by atoms with Gasteiger partial charge in [-0.2, -0.15) is 26.3 Å². The first-order valence-corrected chi connectivity index (χ1v) is 12.0. The summed E-state index contributed by atoms with van der Waals surface area (Å²) in [5.41, 5.74) is 1.77. The van der Waals surface area contributed by atoms with Crippen LogP contribution in [-0.4, -0.2) is 79.4 Å². The lowest BCUT2D eigenvalue weighted by atomic mass is 9.84. The zero-order valence-electron chi connectivity index (χ0n) is 19.5. The average Bonchev–Trinajstić information content (AvgIpc) is 3.46. The van der Waals surface area contributed by atoms with Gasteiger partial charge in [-0.3, -0.25) is 14.8 Å². The number of alkyl halides is 6. The fourth-order valence-corrected chi connectivity index (χ4v) is 4.83. The summed E-state index contributed by atoms with van der Waals surface area (Å²) in [5.74, 6) is -5.51. The number of carboxylic acid groups (broad SMARTS) is 2. The maximum Gasteiger partial charge on any atom is 0.490 e. The van der Waals surface area contributed by atoms with Crippen molar-refractivity contribution in [1.29, 1.82) is 0 Å². The van der Waals surface area contributed by atoms with E-state index in [-0.39, 0.29) is 0 Å². The number of likely N-dealkylation sites (tertiary alicyclic amines) is 2. The molecule has 2 aromatic rings. The quantitative estimate of drug-likeness (QED) is 0.533. The van der Waals surface area contributed by atoms with Crippen LogP contribution in [-0.2, 0) is 22.7 Å². The first-order chi connectivity index (χ1) is 17.2. The van der Waals surface area contributed by atoms with Crippen LogP contribution in [0.2, 0.25) is 0 Å². The number of thiazole rings is 1. The summed E-state index contributed by atoms with van der Waals surface area (Å²) in [6.07, 6.45) is 0.907. The van der Waals surface area contributed by atoms with Gasteiger partial charge in [0.1, 0.15) is 5.01 Å². The Hall–Kier alpha value is -2.78. The summed E-state index contributed by atoms with van der Waals surface area (Å²) >= 11 is 1.77. The number of hydrogen-bond donors (Lipinski definition) is 2. The third-order valence-corrected chi connectivity index (χ3v) is 6.72. The van der Waals surface area contributed by atoms with Crippen molar-refractivity contribution >= 4 is 23.3 Å². The van der Waals surface area contributed by atoms with E-state index in [9.17, 15) is 26.3 Å². The minimum Gasteiger partial charge on any atom is -0.475 e. The Kier molecular flexibility index (Phi) is 10.8. The SMILES string of the molecule is O=C(O)C(F)(F)F.O=C(O)C(F)(F)F.c1cncc(CN2CCCC23CCN(Cc2nccs2)CC3)c1. The van der Waals surface area contributed by atoms with E-state index in [0.717, 1.165) is 13.1 Å². The van der Waals surface area contributed by atoms with Crippen LogP contribution in [0.3, 0.4) is 0 Å². The van der Waals surface area contributed by atoms with Crippen molar-refractivity contribution in [3.05, 3.63) is 46.7 Å². The van der Waals surface area contributed by atoms with Crippen molar-refractivity contribution in [3.8, 4) is 0 Å². The molecule has 0 atom stereocenters. The molecule has 0 amide bonds. The van der Waals surface area contributed by atoms with Gasteiger partial charge < -0.3 is 10.2 Å². The van der Waals surface area contributed by atoms with E-state index in [2.05, 4.69) is 37.3 Å². The van der Waals surface area contributed by atoms with Gasteiger partial charge in [0.2, 0.25) is 0 Å². The molecule has 2 aliphatic rings. The highest BCUT2D eigenvalue weighted by molar-refractivity contribution is 7.09. The summed E-state index contributed by atoms with van der Waals surface area (Å²) in [4.78, 5) is 31.8. The highest BCUT2D eigenvalue weighted by atomic mass is 32.1. The number of piperidine rings is 1. The third kappa shape index (κ3) is 9.89. The van der Waals surface area contributed by atoms with E-state index in [1.807, 2.05) is 18.6 Å². The van der Waals surface area contributed by atoms with Gasteiger partial charge in [0, 0.05) is 49.1 Å². The van der Waals surface area contributed by atoms with Crippen molar-refractivity contribution < 1.29 is 46.1 Å². The van der Waals surface area contributed by atoms with E-state index in [4.69, 9.17) is 19.8 Å². The van der Waals surface area contributed by atoms with Crippen molar-refractivity contribution in [3.63, 3.8) is 0 Å². The molecule has 0 bridgehead atoms. The van der Waals surface area contributed by atoms with Crippen molar-refractivity contribution in [2.24, 2.45) is 0 Å². The molecular formula is C22H26F6N4O4S. The second kappa shape index (κ2) is 13.1. The molecule has 0 radical (unpaired) electrons. The molecule has 15 heteroatoms. The Balaban J connectivity index is 0.000000286. The van der Waals surface area contributed by atoms with E-state index in [1.165, 1.54) is 55.9 Å². The predicted molar refractivity (Wildman–Crippen MR) is 121 cm³/mol. The maximum atomic E-state index is 10.6. The lowest BCUT2D eigenvalue weighted by Crippen LogP contribution is -2.51. The normalized spacial score (nSPS) is 17.9. The minimum absolute atomic E-state index is 0.426. The maximum absolute atomic E-state index is 10.6. The Morgan fingerprint density at radius 1 is 0.946 bits per heavy atom. The smallest absolute Gasteiger partial charge is 0.475 e. The molecule has 0 aliphatic carbocycles. The Labute approximate surface area is 212 Å². The van der Waals surface area contributed by atoms with Gasteiger partial charge in [-0.05, 0) is 43.9 Å². The number of carbonyl (C=O) groups is 2. The van der Waals surface area contributed by atoms with Crippen LogP contribution >= 0.6 is 11.3 Å². The fourth-order valence-electron chi connectivity index (χ4n) is 4.17. The van der Waals surface area contributed by atoms with Gasteiger partial charge in [-0.15, -0.1) is 11.3 Å². The number of aromatic nitrogens is 2. The molecule has 2 aromatic heterocycles. The number of nitrogens with zero attached hydrogens (tertiary/aromatic N) is 4. The molecule has 0 unspecified atom stereocenters. The largest absolute Gasteiger partial charge is 0.490 e. The monoisotopic (exact) mass is 556 g/mol. The Bertz CT molecular complexity index is 957. The summed E-state index contributed by atoms with van der Waals surface area (Å²) in [5, 5.41) is 17.6. The van der Waals surface area contributed by atoms with Crippen LogP contribution in [0.25, 0.3) is 0 Å². The van der Waals surface area contributed by atoms with Crippen LogP contribution in [0.15, 0.2) is 36.1 Å². The highest BCUT2D eigenvalue weighted by Gasteiger charge is 2.43. The number of aliphatic carboxylic acids is 2.